The zero-order valence-corrected chi connectivity index (χ0v) is 12.0. The molecule has 0 N–H and O–H groups in total. The van der Waals surface area contributed by atoms with E-state index in [9.17, 15) is 4.79 Å². The number of benzene rings is 1. The molecule has 3 rings (SSSR count). The van der Waals surface area contributed by atoms with Gasteiger partial charge in [0.25, 0.3) is 5.56 Å². The molecule has 0 amide bonds. The van der Waals surface area contributed by atoms with E-state index < -0.39 is 0 Å². The first-order valence-corrected chi connectivity index (χ1v) is 7.42. The quantitative estimate of drug-likeness (QED) is 0.536. The Kier molecular flexibility index (Phi) is 3.28. The highest BCUT2D eigenvalue weighted by Crippen LogP contribution is 2.21. The van der Waals surface area contributed by atoms with Crippen LogP contribution < -0.4 is 5.56 Å². The molecule has 0 fully saturated rings. The number of fused-ring (bicyclic) bond motifs is 1. The van der Waals surface area contributed by atoms with Gasteiger partial charge in [-0.15, -0.1) is 0 Å². The van der Waals surface area contributed by atoms with E-state index in [1.807, 2.05) is 42.0 Å². The Hall–Kier alpha value is -2.14. The lowest BCUT2D eigenvalue weighted by molar-refractivity contribution is 0.840. The summed E-state index contributed by atoms with van der Waals surface area (Å²) < 4.78 is 1.92. The van der Waals surface area contributed by atoms with Gasteiger partial charge in [-0.1, -0.05) is 29.5 Å². The number of rotatable bonds is 2. The number of aryl methyl sites for hydroxylation is 1. The molecule has 0 unspecified atom stereocenters. The van der Waals surface area contributed by atoms with Crippen molar-refractivity contribution in [2.24, 2.45) is 0 Å². The molecule has 0 saturated heterocycles. The van der Waals surface area contributed by atoms with E-state index >= 15 is 0 Å². The maximum atomic E-state index is 12.0. The topological polar surface area (TPSA) is 47.8 Å². The minimum absolute atomic E-state index is 0.235. The SMILES string of the molecule is CSc1nc(=O)c2cccnc2n1-c1ccc(C)cc1. The maximum absolute atomic E-state index is 12.0. The largest absolute Gasteiger partial charge is 0.283 e. The molecule has 4 nitrogen and oxygen atoms in total. The van der Waals surface area contributed by atoms with Crippen LogP contribution >= 0.6 is 11.8 Å². The lowest BCUT2D eigenvalue weighted by Crippen LogP contribution is -2.15. The van der Waals surface area contributed by atoms with Gasteiger partial charge in [0.15, 0.2) is 10.8 Å². The number of hydrogen-bond donors (Lipinski definition) is 0. The second kappa shape index (κ2) is 5.09. The van der Waals surface area contributed by atoms with E-state index in [1.165, 1.54) is 17.3 Å². The van der Waals surface area contributed by atoms with E-state index in [0.717, 1.165) is 5.69 Å². The minimum atomic E-state index is -0.235. The average Bonchev–Trinajstić information content (AvgIpc) is 2.48. The number of pyridine rings is 1. The molecule has 0 spiro atoms. The molecule has 2 aromatic heterocycles. The van der Waals surface area contributed by atoms with Crippen molar-refractivity contribution in [2.75, 3.05) is 6.26 Å². The zero-order chi connectivity index (χ0) is 14.1. The Morgan fingerprint density at radius 1 is 1.15 bits per heavy atom. The predicted molar refractivity (Wildman–Crippen MR) is 81.7 cm³/mol. The van der Waals surface area contributed by atoms with Crippen molar-refractivity contribution >= 4 is 22.8 Å². The fourth-order valence-corrected chi connectivity index (χ4v) is 2.64. The summed E-state index contributed by atoms with van der Waals surface area (Å²) in [6.45, 7) is 2.04. The Morgan fingerprint density at radius 3 is 2.60 bits per heavy atom. The van der Waals surface area contributed by atoms with Crippen molar-refractivity contribution in [2.45, 2.75) is 12.1 Å². The average molecular weight is 283 g/mol. The highest BCUT2D eigenvalue weighted by Gasteiger charge is 2.12. The summed E-state index contributed by atoms with van der Waals surface area (Å²) in [6, 6.07) is 11.6. The van der Waals surface area contributed by atoms with Crippen LogP contribution in [-0.4, -0.2) is 20.8 Å². The molecule has 5 heteroatoms. The molecule has 0 aliphatic heterocycles. The summed E-state index contributed by atoms with van der Waals surface area (Å²) in [6.07, 6.45) is 3.60. The Bertz CT molecular complexity index is 825. The summed E-state index contributed by atoms with van der Waals surface area (Å²) in [5, 5.41) is 1.18. The molecule has 20 heavy (non-hydrogen) atoms. The van der Waals surface area contributed by atoms with E-state index in [0.29, 0.717) is 16.2 Å². The van der Waals surface area contributed by atoms with Crippen molar-refractivity contribution in [3.63, 3.8) is 0 Å². The predicted octanol–water partition coefficient (Wildman–Crippen LogP) is 2.81. The van der Waals surface area contributed by atoms with E-state index in [2.05, 4.69) is 9.97 Å². The molecule has 1 aromatic carbocycles. The number of nitrogens with zero attached hydrogens (tertiary/aromatic N) is 3. The van der Waals surface area contributed by atoms with Crippen LogP contribution in [0, 0.1) is 6.92 Å². The van der Waals surface area contributed by atoms with Gasteiger partial charge >= 0.3 is 0 Å². The van der Waals surface area contributed by atoms with Crippen molar-refractivity contribution in [3.8, 4) is 5.69 Å². The van der Waals surface area contributed by atoms with E-state index in [1.54, 1.807) is 18.3 Å². The van der Waals surface area contributed by atoms with Crippen LogP contribution in [0.3, 0.4) is 0 Å². The molecule has 0 saturated carbocycles. The molecule has 3 aromatic rings. The van der Waals surface area contributed by atoms with Gasteiger partial charge in [-0.05, 0) is 37.4 Å². The van der Waals surface area contributed by atoms with E-state index in [-0.39, 0.29) is 5.56 Å². The van der Waals surface area contributed by atoms with Crippen LogP contribution in [0.15, 0.2) is 52.5 Å². The first-order chi connectivity index (χ1) is 9.70. The van der Waals surface area contributed by atoms with Crippen LogP contribution in [0.1, 0.15) is 5.56 Å². The molecular weight excluding hydrogens is 270 g/mol. The summed E-state index contributed by atoms with van der Waals surface area (Å²) in [4.78, 5) is 20.5. The van der Waals surface area contributed by atoms with Crippen molar-refractivity contribution in [1.29, 1.82) is 0 Å². The third kappa shape index (κ3) is 2.10. The molecule has 0 atom stereocenters. The lowest BCUT2D eigenvalue weighted by atomic mass is 10.2. The van der Waals surface area contributed by atoms with Gasteiger partial charge in [-0.3, -0.25) is 9.36 Å². The minimum Gasteiger partial charge on any atom is -0.273 e. The summed E-state index contributed by atoms with van der Waals surface area (Å²) in [5.74, 6) is 0. The molecule has 0 aliphatic rings. The highest BCUT2D eigenvalue weighted by atomic mass is 32.2. The summed E-state index contributed by atoms with van der Waals surface area (Å²) >= 11 is 1.44. The zero-order valence-electron chi connectivity index (χ0n) is 11.2. The third-order valence-electron chi connectivity index (χ3n) is 3.09. The first-order valence-electron chi connectivity index (χ1n) is 6.19. The maximum Gasteiger partial charge on any atom is 0.283 e. The Morgan fingerprint density at radius 2 is 1.90 bits per heavy atom. The standard InChI is InChI=1S/C15H13N3OS/c1-10-5-7-11(8-6-10)18-13-12(4-3-9-16-13)14(19)17-15(18)20-2/h3-9H,1-2H3. The van der Waals surface area contributed by atoms with Crippen molar-refractivity contribution < 1.29 is 0 Å². The Labute approximate surface area is 120 Å². The number of aromatic nitrogens is 3. The molecule has 0 bridgehead atoms. The highest BCUT2D eigenvalue weighted by molar-refractivity contribution is 7.98. The summed E-state index contributed by atoms with van der Waals surface area (Å²) in [5.41, 5.74) is 2.54. The second-order valence-electron chi connectivity index (χ2n) is 4.45. The van der Waals surface area contributed by atoms with E-state index in [4.69, 9.17) is 0 Å². The van der Waals surface area contributed by atoms with Gasteiger partial charge in [-0.2, -0.15) is 4.98 Å². The smallest absolute Gasteiger partial charge is 0.273 e. The summed E-state index contributed by atoms with van der Waals surface area (Å²) in [7, 11) is 0. The van der Waals surface area contributed by atoms with Crippen LogP contribution in [0.2, 0.25) is 0 Å². The van der Waals surface area contributed by atoms with Crippen LogP contribution in [-0.2, 0) is 0 Å². The Balaban J connectivity index is 2.41. The fourth-order valence-electron chi connectivity index (χ4n) is 2.09. The second-order valence-corrected chi connectivity index (χ2v) is 5.22. The third-order valence-corrected chi connectivity index (χ3v) is 3.73. The van der Waals surface area contributed by atoms with Gasteiger partial charge in [0, 0.05) is 11.9 Å². The van der Waals surface area contributed by atoms with Gasteiger partial charge in [0.2, 0.25) is 0 Å². The normalized spacial score (nSPS) is 10.9. The number of hydrogen-bond acceptors (Lipinski definition) is 4. The van der Waals surface area contributed by atoms with Crippen molar-refractivity contribution in [1.82, 2.24) is 14.5 Å². The van der Waals surface area contributed by atoms with Crippen LogP contribution in [0.25, 0.3) is 16.7 Å². The molecule has 0 radical (unpaired) electrons. The molecule has 100 valence electrons. The van der Waals surface area contributed by atoms with Gasteiger partial charge in [-0.25, -0.2) is 4.98 Å². The monoisotopic (exact) mass is 283 g/mol. The molecular formula is C15H13N3OS. The number of thioether (sulfide) groups is 1. The molecule has 2 heterocycles. The fraction of sp³-hybridized carbons (Fsp3) is 0.133. The van der Waals surface area contributed by atoms with Crippen molar-refractivity contribution in [3.05, 3.63) is 58.5 Å². The molecule has 0 aliphatic carbocycles. The van der Waals surface area contributed by atoms with Gasteiger partial charge in [0.1, 0.15) is 0 Å². The van der Waals surface area contributed by atoms with Crippen LogP contribution in [0.5, 0.6) is 0 Å². The van der Waals surface area contributed by atoms with Crippen LogP contribution in [0.4, 0.5) is 0 Å². The lowest BCUT2D eigenvalue weighted by Gasteiger charge is -2.13. The van der Waals surface area contributed by atoms with Gasteiger partial charge in [0.05, 0.1) is 5.39 Å². The van der Waals surface area contributed by atoms with Gasteiger partial charge < -0.3 is 0 Å². The first kappa shape index (κ1) is 12.9.